The Bertz CT molecular complexity index is 832. The fraction of sp³-hybridized carbons (Fsp3) is 0.400. The average molecular weight is 375 g/mol. The van der Waals surface area contributed by atoms with Crippen LogP contribution in [0.5, 0.6) is 5.75 Å². The van der Waals surface area contributed by atoms with Gasteiger partial charge in [-0.05, 0) is 50.6 Å². The van der Waals surface area contributed by atoms with Crippen molar-refractivity contribution in [2.45, 2.75) is 37.3 Å². The van der Waals surface area contributed by atoms with Crippen molar-refractivity contribution >= 4 is 10.0 Å². The van der Waals surface area contributed by atoms with Crippen molar-refractivity contribution in [3.63, 3.8) is 0 Å². The summed E-state index contributed by atoms with van der Waals surface area (Å²) >= 11 is 0. The van der Waals surface area contributed by atoms with Crippen molar-refractivity contribution in [2.24, 2.45) is 0 Å². The lowest BCUT2D eigenvalue weighted by molar-refractivity contribution is -0.0655. The zero-order chi connectivity index (χ0) is 18.8. The summed E-state index contributed by atoms with van der Waals surface area (Å²) in [6.45, 7) is 6.84. The van der Waals surface area contributed by atoms with Crippen LogP contribution in [0.25, 0.3) is 0 Å². The number of morpholine rings is 1. The molecular formula is C20H25NO4S. The third kappa shape index (κ3) is 3.77. The first kappa shape index (κ1) is 18.9. The van der Waals surface area contributed by atoms with Crippen LogP contribution in [0, 0.1) is 0 Å². The van der Waals surface area contributed by atoms with E-state index in [1.165, 1.54) is 0 Å². The highest BCUT2D eigenvalue weighted by atomic mass is 32.2. The van der Waals surface area contributed by atoms with Gasteiger partial charge in [0.25, 0.3) is 0 Å². The van der Waals surface area contributed by atoms with Crippen molar-refractivity contribution in [1.82, 2.24) is 4.31 Å². The molecule has 26 heavy (non-hydrogen) atoms. The molecule has 1 aliphatic heterocycles. The number of hydrogen-bond donors (Lipinski definition) is 0. The van der Waals surface area contributed by atoms with E-state index in [9.17, 15) is 8.42 Å². The third-order valence-electron chi connectivity index (χ3n) is 4.54. The lowest BCUT2D eigenvalue weighted by atomic mass is 10.0. The Balaban J connectivity index is 1.90. The van der Waals surface area contributed by atoms with E-state index >= 15 is 0 Å². The van der Waals surface area contributed by atoms with Gasteiger partial charge >= 0.3 is 0 Å². The van der Waals surface area contributed by atoms with Crippen molar-refractivity contribution in [3.05, 3.63) is 60.2 Å². The van der Waals surface area contributed by atoms with Gasteiger partial charge in [0.1, 0.15) is 5.75 Å². The van der Waals surface area contributed by atoms with E-state index < -0.39 is 15.6 Å². The maximum atomic E-state index is 13.3. The first-order chi connectivity index (χ1) is 12.3. The summed E-state index contributed by atoms with van der Waals surface area (Å²) in [7, 11) is -3.64. The molecule has 1 saturated heterocycles. The minimum atomic E-state index is -3.64. The van der Waals surface area contributed by atoms with E-state index in [0.717, 1.165) is 5.56 Å². The van der Waals surface area contributed by atoms with Crippen LogP contribution < -0.4 is 4.74 Å². The lowest BCUT2D eigenvalue weighted by Crippen LogP contribution is -2.56. The molecule has 5 nitrogen and oxygen atoms in total. The van der Waals surface area contributed by atoms with Crippen LogP contribution in [-0.4, -0.2) is 38.0 Å². The number of benzene rings is 2. The second kappa shape index (κ2) is 7.39. The van der Waals surface area contributed by atoms with Crippen LogP contribution in [-0.2, 0) is 14.8 Å². The van der Waals surface area contributed by atoms with Gasteiger partial charge in [0, 0.05) is 6.54 Å². The van der Waals surface area contributed by atoms with Gasteiger partial charge in [-0.2, -0.15) is 4.31 Å². The van der Waals surface area contributed by atoms with E-state index in [0.29, 0.717) is 19.0 Å². The van der Waals surface area contributed by atoms with Gasteiger partial charge in [-0.15, -0.1) is 0 Å². The predicted octanol–water partition coefficient (Wildman–Crippen LogP) is 3.63. The van der Waals surface area contributed by atoms with Crippen LogP contribution in [0.2, 0.25) is 0 Å². The van der Waals surface area contributed by atoms with E-state index in [4.69, 9.17) is 9.47 Å². The van der Waals surface area contributed by atoms with E-state index in [1.54, 1.807) is 28.6 Å². The molecule has 1 atom stereocenters. The summed E-state index contributed by atoms with van der Waals surface area (Å²) < 4.78 is 39.5. The first-order valence-corrected chi connectivity index (χ1v) is 10.2. The topological polar surface area (TPSA) is 55.8 Å². The van der Waals surface area contributed by atoms with Crippen LogP contribution in [0.4, 0.5) is 0 Å². The maximum Gasteiger partial charge on any atom is 0.243 e. The fourth-order valence-electron chi connectivity index (χ4n) is 3.12. The van der Waals surface area contributed by atoms with Gasteiger partial charge < -0.3 is 9.47 Å². The number of ether oxygens (including phenoxy) is 2. The van der Waals surface area contributed by atoms with Crippen molar-refractivity contribution < 1.29 is 17.9 Å². The highest BCUT2D eigenvalue weighted by Crippen LogP contribution is 2.34. The van der Waals surface area contributed by atoms with E-state index in [1.807, 2.05) is 51.1 Å². The number of hydrogen-bond acceptors (Lipinski definition) is 4. The van der Waals surface area contributed by atoms with Gasteiger partial charge in [0.15, 0.2) is 0 Å². The predicted molar refractivity (Wildman–Crippen MR) is 101 cm³/mol. The fourth-order valence-corrected chi connectivity index (χ4v) is 4.89. The quantitative estimate of drug-likeness (QED) is 0.801. The highest BCUT2D eigenvalue weighted by molar-refractivity contribution is 7.89. The molecule has 2 aromatic carbocycles. The molecule has 0 aliphatic carbocycles. The number of nitrogens with zero attached hydrogens (tertiary/aromatic N) is 1. The van der Waals surface area contributed by atoms with Crippen LogP contribution >= 0.6 is 0 Å². The molecule has 0 amide bonds. The Kier molecular flexibility index (Phi) is 5.37. The van der Waals surface area contributed by atoms with Crippen LogP contribution in [0.1, 0.15) is 32.4 Å². The largest absolute Gasteiger partial charge is 0.494 e. The van der Waals surface area contributed by atoms with Crippen LogP contribution in [0.15, 0.2) is 59.5 Å². The normalized spacial score (nSPS) is 20.7. The van der Waals surface area contributed by atoms with Gasteiger partial charge in [0.05, 0.1) is 29.8 Å². The Morgan fingerprint density at radius 3 is 2.38 bits per heavy atom. The summed E-state index contributed by atoms with van der Waals surface area (Å²) in [5, 5.41) is 0. The molecule has 140 valence electrons. The summed E-state index contributed by atoms with van der Waals surface area (Å²) in [6, 6.07) is 16.3. The second-order valence-electron chi connectivity index (χ2n) is 6.96. The van der Waals surface area contributed by atoms with Gasteiger partial charge in [-0.1, -0.05) is 30.3 Å². The Hall–Kier alpha value is -1.89. The van der Waals surface area contributed by atoms with Crippen molar-refractivity contribution in [1.29, 1.82) is 0 Å². The first-order valence-electron chi connectivity index (χ1n) is 8.77. The Labute approximate surface area is 155 Å². The summed E-state index contributed by atoms with van der Waals surface area (Å²) in [5.41, 5.74) is 0.359. The molecule has 2 aromatic rings. The molecular weight excluding hydrogens is 350 g/mol. The zero-order valence-electron chi connectivity index (χ0n) is 15.4. The molecule has 3 rings (SSSR count). The second-order valence-corrected chi connectivity index (χ2v) is 8.83. The minimum absolute atomic E-state index is 0.266. The SMILES string of the molecule is CCOc1ccc(S(=O)(=O)N2CC(c3ccccc3)OCC2(C)C)cc1. The smallest absolute Gasteiger partial charge is 0.243 e. The molecule has 1 heterocycles. The van der Waals surface area contributed by atoms with Gasteiger partial charge in [0.2, 0.25) is 10.0 Å². The van der Waals surface area contributed by atoms with Crippen molar-refractivity contribution in [3.8, 4) is 5.75 Å². The molecule has 1 unspecified atom stereocenters. The summed E-state index contributed by atoms with van der Waals surface area (Å²) in [5.74, 6) is 0.662. The molecule has 0 radical (unpaired) electrons. The van der Waals surface area contributed by atoms with E-state index in [-0.39, 0.29) is 17.5 Å². The molecule has 0 saturated carbocycles. The number of sulfonamides is 1. The Morgan fingerprint density at radius 2 is 1.77 bits per heavy atom. The number of rotatable bonds is 5. The minimum Gasteiger partial charge on any atom is -0.494 e. The van der Waals surface area contributed by atoms with Crippen LogP contribution in [0.3, 0.4) is 0 Å². The average Bonchev–Trinajstić information content (AvgIpc) is 2.63. The van der Waals surface area contributed by atoms with E-state index in [2.05, 4.69) is 0 Å². The van der Waals surface area contributed by atoms with Crippen molar-refractivity contribution in [2.75, 3.05) is 19.8 Å². The summed E-state index contributed by atoms with van der Waals surface area (Å²) in [6.07, 6.45) is -0.276. The highest BCUT2D eigenvalue weighted by Gasteiger charge is 2.43. The molecule has 0 aromatic heterocycles. The zero-order valence-corrected chi connectivity index (χ0v) is 16.2. The molecule has 1 fully saturated rings. The lowest BCUT2D eigenvalue weighted by Gasteiger charge is -2.44. The molecule has 1 aliphatic rings. The molecule has 0 bridgehead atoms. The third-order valence-corrected chi connectivity index (χ3v) is 6.63. The Morgan fingerprint density at radius 1 is 1.12 bits per heavy atom. The standard InChI is InChI=1S/C20H25NO4S/c1-4-24-17-10-12-18(13-11-17)26(22,23)21-14-19(25-15-20(21,2)3)16-8-6-5-7-9-16/h5-13,19H,4,14-15H2,1-3H3. The van der Waals surface area contributed by atoms with Gasteiger partial charge in [-0.25, -0.2) is 8.42 Å². The molecule has 6 heteroatoms. The maximum absolute atomic E-state index is 13.3. The molecule has 0 N–H and O–H groups in total. The summed E-state index contributed by atoms with van der Waals surface area (Å²) in [4.78, 5) is 0.266. The monoisotopic (exact) mass is 375 g/mol. The van der Waals surface area contributed by atoms with Gasteiger partial charge in [-0.3, -0.25) is 0 Å². The molecule has 0 spiro atoms.